The SMILES string of the molecule is O=CN(CCCC(=O)O)c1ccccn1. The van der Waals surface area contributed by atoms with Gasteiger partial charge >= 0.3 is 5.97 Å². The smallest absolute Gasteiger partial charge is 0.303 e. The Bertz CT molecular complexity index is 327. The molecule has 0 bridgehead atoms. The van der Waals surface area contributed by atoms with Crippen LogP contribution in [-0.2, 0) is 9.59 Å². The Morgan fingerprint density at radius 2 is 2.33 bits per heavy atom. The molecule has 1 amide bonds. The van der Waals surface area contributed by atoms with Gasteiger partial charge in [-0.05, 0) is 18.6 Å². The summed E-state index contributed by atoms with van der Waals surface area (Å²) in [6, 6.07) is 5.23. The number of carboxylic acid groups (broad SMARTS) is 1. The minimum Gasteiger partial charge on any atom is -0.481 e. The number of pyridine rings is 1. The number of carbonyl (C=O) groups is 2. The van der Waals surface area contributed by atoms with E-state index < -0.39 is 5.97 Å². The largest absolute Gasteiger partial charge is 0.481 e. The molecular formula is C10H12N2O3. The topological polar surface area (TPSA) is 70.5 Å². The molecule has 80 valence electrons. The van der Waals surface area contributed by atoms with E-state index in [9.17, 15) is 9.59 Å². The molecule has 1 aromatic heterocycles. The predicted octanol–water partition coefficient (Wildman–Crippen LogP) is 0.909. The second-order valence-corrected chi connectivity index (χ2v) is 2.98. The Morgan fingerprint density at radius 3 is 2.87 bits per heavy atom. The molecule has 5 nitrogen and oxygen atoms in total. The molecule has 0 saturated heterocycles. The fraction of sp³-hybridized carbons (Fsp3) is 0.300. The Balaban J connectivity index is 2.50. The lowest BCUT2D eigenvalue weighted by molar-refractivity contribution is -0.137. The summed E-state index contributed by atoms with van der Waals surface area (Å²) in [4.78, 5) is 26.4. The fourth-order valence-electron chi connectivity index (χ4n) is 1.15. The van der Waals surface area contributed by atoms with E-state index in [-0.39, 0.29) is 6.42 Å². The summed E-state index contributed by atoms with van der Waals surface area (Å²) in [5.74, 6) is -0.320. The number of amides is 1. The first-order chi connectivity index (χ1) is 7.24. The molecule has 0 radical (unpaired) electrons. The fourth-order valence-corrected chi connectivity index (χ4v) is 1.15. The first-order valence-electron chi connectivity index (χ1n) is 4.59. The zero-order valence-electron chi connectivity index (χ0n) is 8.17. The molecule has 15 heavy (non-hydrogen) atoms. The lowest BCUT2D eigenvalue weighted by atomic mass is 10.3. The van der Waals surface area contributed by atoms with E-state index in [0.717, 1.165) is 0 Å². The van der Waals surface area contributed by atoms with Crippen molar-refractivity contribution in [2.24, 2.45) is 0 Å². The maximum absolute atomic E-state index is 10.7. The Hall–Kier alpha value is -1.91. The van der Waals surface area contributed by atoms with Crippen molar-refractivity contribution < 1.29 is 14.7 Å². The molecule has 1 aromatic rings. The summed E-state index contributed by atoms with van der Waals surface area (Å²) >= 11 is 0. The molecule has 0 atom stereocenters. The van der Waals surface area contributed by atoms with Gasteiger partial charge in [0, 0.05) is 19.2 Å². The monoisotopic (exact) mass is 208 g/mol. The van der Waals surface area contributed by atoms with Gasteiger partial charge in [-0.25, -0.2) is 4.98 Å². The third-order valence-corrected chi connectivity index (χ3v) is 1.86. The van der Waals surface area contributed by atoms with E-state index in [4.69, 9.17) is 5.11 Å². The van der Waals surface area contributed by atoms with Gasteiger partial charge in [-0.1, -0.05) is 6.07 Å². The Morgan fingerprint density at radius 1 is 1.53 bits per heavy atom. The Kier molecular flexibility index (Phi) is 4.28. The number of aliphatic carboxylic acids is 1. The molecule has 0 aliphatic rings. The van der Waals surface area contributed by atoms with Crippen LogP contribution in [0.25, 0.3) is 0 Å². The van der Waals surface area contributed by atoms with Gasteiger partial charge in [0.05, 0.1) is 0 Å². The maximum Gasteiger partial charge on any atom is 0.303 e. The minimum atomic E-state index is -0.859. The van der Waals surface area contributed by atoms with Gasteiger partial charge in [0.15, 0.2) is 0 Å². The highest BCUT2D eigenvalue weighted by Crippen LogP contribution is 2.07. The second kappa shape index (κ2) is 5.74. The van der Waals surface area contributed by atoms with Gasteiger partial charge in [-0.2, -0.15) is 0 Å². The zero-order chi connectivity index (χ0) is 11.1. The van der Waals surface area contributed by atoms with Crippen molar-refractivity contribution in [2.45, 2.75) is 12.8 Å². The van der Waals surface area contributed by atoms with Crippen LogP contribution in [-0.4, -0.2) is 29.0 Å². The number of nitrogens with zero attached hydrogens (tertiary/aromatic N) is 2. The molecule has 0 spiro atoms. The zero-order valence-corrected chi connectivity index (χ0v) is 8.17. The molecule has 0 aromatic carbocycles. The van der Waals surface area contributed by atoms with Gasteiger partial charge in [-0.15, -0.1) is 0 Å². The number of hydrogen-bond acceptors (Lipinski definition) is 3. The molecule has 0 unspecified atom stereocenters. The van der Waals surface area contributed by atoms with Gasteiger partial charge in [-0.3, -0.25) is 14.5 Å². The molecule has 0 fully saturated rings. The number of hydrogen-bond donors (Lipinski definition) is 1. The predicted molar refractivity (Wildman–Crippen MR) is 54.5 cm³/mol. The number of carboxylic acids is 1. The van der Waals surface area contributed by atoms with Crippen molar-refractivity contribution in [3.63, 3.8) is 0 Å². The first-order valence-corrected chi connectivity index (χ1v) is 4.59. The molecule has 5 heteroatoms. The van der Waals surface area contributed by atoms with Crippen molar-refractivity contribution in [2.75, 3.05) is 11.4 Å². The van der Waals surface area contributed by atoms with E-state index in [0.29, 0.717) is 25.2 Å². The van der Waals surface area contributed by atoms with Gasteiger partial charge < -0.3 is 5.11 Å². The van der Waals surface area contributed by atoms with Crippen LogP contribution >= 0.6 is 0 Å². The lowest BCUT2D eigenvalue weighted by Crippen LogP contribution is -2.23. The highest BCUT2D eigenvalue weighted by molar-refractivity contribution is 5.73. The summed E-state index contributed by atoms with van der Waals surface area (Å²) in [5.41, 5.74) is 0. The van der Waals surface area contributed by atoms with Crippen molar-refractivity contribution in [3.05, 3.63) is 24.4 Å². The molecular weight excluding hydrogens is 196 g/mol. The normalized spacial score (nSPS) is 9.60. The summed E-state index contributed by atoms with van der Waals surface area (Å²) in [7, 11) is 0. The van der Waals surface area contributed by atoms with Crippen LogP contribution in [0.3, 0.4) is 0 Å². The van der Waals surface area contributed by atoms with Crippen LogP contribution in [0, 0.1) is 0 Å². The second-order valence-electron chi connectivity index (χ2n) is 2.98. The quantitative estimate of drug-likeness (QED) is 0.705. The lowest BCUT2D eigenvalue weighted by Gasteiger charge is -2.14. The molecule has 1 rings (SSSR count). The molecule has 1 N–H and O–H groups in total. The van der Waals surface area contributed by atoms with Crippen molar-refractivity contribution in [1.82, 2.24) is 4.98 Å². The maximum atomic E-state index is 10.7. The van der Waals surface area contributed by atoms with E-state index >= 15 is 0 Å². The highest BCUT2D eigenvalue weighted by Gasteiger charge is 2.06. The van der Waals surface area contributed by atoms with E-state index in [1.807, 2.05) is 0 Å². The number of rotatable bonds is 6. The number of aromatic nitrogens is 1. The van der Waals surface area contributed by atoms with Crippen LogP contribution in [0.1, 0.15) is 12.8 Å². The summed E-state index contributed by atoms with van der Waals surface area (Å²) in [6.07, 6.45) is 2.72. The van der Waals surface area contributed by atoms with Crippen LogP contribution < -0.4 is 4.90 Å². The van der Waals surface area contributed by atoms with Gasteiger partial charge in [0.1, 0.15) is 5.82 Å². The highest BCUT2D eigenvalue weighted by atomic mass is 16.4. The molecule has 0 aliphatic heterocycles. The minimum absolute atomic E-state index is 0.0528. The third-order valence-electron chi connectivity index (χ3n) is 1.86. The van der Waals surface area contributed by atoms with E-state index in [1.165, 1.54) is 4.90 Å². The standard InChI is InChI=1S/C10H12N2O3/c13-8-12(7-3-5-10(14)15)9-4-1-2-6-11-9/h1-2,4,6,8H,3,5,7H2,(H,14,15). The summed E-state index contributed by atoms with van der Waals surface area (Å²) in [5, 5.41) is 8.45. The van der Waals surface area contributed by atoms with Crippen LogP contribution in [0.5, 0.6) is 0 Å². The van der Waals surface area contributed by atoms with Crippen molar-refractivity contribution >= 4 is 18.2 Å². The molecule has 0 saturated carbocycles. The number of carbonyl (C=O) groups excluding carboxylic acids is 1. The van der Waals surface area contributed by atoms with Crippen LogP contribution in [0.2, 0.25) is 0 Å². The summed E-state index contributed by atoms with van der Waals surface area (Å²) in [6.45, 7) is 0.368. The first kappa shape index (κ1) is 11.2. The van der Waals surface area contributed by atoms with Crippen LogP contribution in [0.4, 0.5) is 5.82 Å². The average molecular weight is 208 g/mol. The third kappa shape index (κ3) is 3.76. The number of anilines is 1. The average Bonchev–Trinajstić information content (AvgIpc) is 2.25. The van der Waals surface area contributed by atoms with E-state index in [2.05, 4.69) is 4.98 Å². The molecule has 1 heterocycles. The van der Waals surface area contributed by atoms with E-state index in [1.54, 1.807) is 24.4 Å². The summed E-state index contributed by atoms with van der Waals surface area (Å²) < 4.78 is 0. The molecule has 0 aliphatic carbocycles. The van der Waals surface area contributed by atoms with Crippen molar-refractivity contribution in [3.8, 4) is 0 Å². The Labute approximate surface area is 87.4 Å². The van der Waals surface area contributed by atoms with Gasteiger partial charge in [0.25, 0.3) is 0 Å². The van der Waals surface area contributed by atoms with Gasteiger partial charge in [0.2, 0.25) is 6.41 Å². The van der Waals surface area contributed by atoms with Crippen molar-refractivity contribution in [1.29, 1.82) is 0 Å². The van der Waals surface area contributed by atoms with Crippen LogP contribution in [0.15, 0.2) is 24.4 Å².